The summed E-state index contributed by atoms with van der Waals surface area (Å²) in [4.78, 5) is 35.7. The molecule has 0 aliphatic rings. The molecule has 0 rings (SSSR count). The summed E-state index contributed by atoms with van der Waals surface area (Å²) < 4.78 is 34.5. The van der Waals surface area contributed by atoms with Crippen LogP contribution in [0.5, 0.6) is 0 Å². The number of nitrogens with zero attached hydrogens (tertiary/aromatic N) is 1. The van der Waals surface area contributed by atoms with Crippen LogP contribution in [0.2, 0.25) is 0 Å². The van der Waals surface area contributed by atoms with E-state index in [1.54, 1.807) is 0 Å². The van der Waals surface area contributed by atoms with Crippen molar-refractivity contribution in [3.05, 3.63) is 134 Å². The van der Waals surface area contributed by atoms with E-state index in [9.17, 15) is 19.0 Å². The van der Waals surface area contributed by atoms with E-state index in [4.69, 9.17) is 18.5 Å². The van der Waals surface area contributed by atoms with Gasteiger partial charge in [-0.3, -0.25) is 18.6 Å². The Hall–Kier alpha value is -3.85. The third-order valence-electron chi connectivity index (χ3n) is 12.2. The minimum absolute atomic E-state index is 0.0130. The number of quaternary nitrogens is 1. The molecule has 0 aromatic rings. The zero-order valence-corrected chi connectivity index (χ0v) is 49.8. The van der Waals surface area contributed by atoms with Crippen molar-refractivity contribution in [1.29, 1.82) is 0 Å². The van der Waals surface area contributed by atoms with Gasteiger partial charge in [0, 0.05) is 12.8 Å². The van der Waals surface area contributed by atoms with Crippen LogP contribution < -0.4 is 0 Å². The number of ether oxygens (including phenoxy) is 2. The summed E-state index contributed by atoms with van der Waals surface area (Å²) in [6, 6.07) is 0. The predicted molar refractivity (Wildman–Crippen MR) is 325 cm³/mol. The van der Waals surface area contributed by atoms with Gasteiger partial charge >= 0.3 is 19.8 Å². The quantitative estimate of drug-likeness (QED) is 0.0211. The van der Waals surface area contributed by atoms with Crippen LogP contribution in [0.3, 0.4) is 0 Å². The molecule has 0 bridgehead atoms. The lowest BCUT2D eigenvalue weighted by atomic mass is 10.0. The van der Waals surface area contributed by atoms with Crippen LogP contribution in [0.1, 0.15) is 219 Å². The number of esters is 2. The summed E-state index contributed by atoms with van der Waals surface area (Å²) in [5.41, 5.74) is 0. The zero-order chi connectivity index (χ0) is 55.6. The molecule has 10 heteroatoms. The molecule has 0 saturated carbocycles. The van der Waals surface area contributed by atoms with Gasteiger partial charge in [-0.25, -0.2) is 4.57 Å². The lowest BCUT2D eigenvalue weighted by Crippen LogP contribution is -2.37. The lowest BCUT2D eigenvalue weighted by Gasteiger charge is -2.24. The molecule has 0 amide bonds. The van der Waals surface area contributed by atoms with Crippen LogP contribution in [0.4, 0.5) is 0 Å². The fraction of sp³-hybridized carbons (Fsp3) is 0.636. The van der Waals surface area contributed by atoms with Gasteiger partial charge in [0.25, 0.3) is 0 Å². The minimum Gasteiger partial charge on any atom is -0.462 e. The van der Waals surface area contributed by atoms with Crippen LogP contribution >= 0.6 is 7.82 Å². The number of carbonyl (C=O) groups excluding carboxylic acids is 2. The largest absolute Gasteiger partial charge is 0.472 e. The van der Waals surface area contributed by atoms with Crippen molar-refractivity contribution >= 4 is 19.8 Å². The number of unbranched alkanes of at least 4 members (excludes halogenated alkanes) is 17. The fourth-order valence-electron chi connectivity index (χ4n) is 7.58. The van der Waals surface area contributed by atoms with Gasteiger partial charge in [0.1, 0.15) is 19.8 Å². The van der Waals surface area contributed by atoms with Crippen molar-refractivity contribution in [1.82, 2.24) is 0 Å². The van der Waals surface area contributed by atoms with Gasteiger partial charge in [0.2, 0.25) is 0 Å². The first-order valence-electron chi connectivity index (χ1n) is 29.9. The predicted octanol–water partition coefficient (Wildman–Crippen LogP) is 18.9. The third-order valence-corrected chi connectivity index (χ3v) is 13.1. The van der Waals surface area contributed by atoms with Crippen LogP contribution in [0, 0.1) is 0 Å². The summed E-state index contributed by atoms with van der Waals surface area (Å²) in [6.07, 6.45) is 81.0. The third kappa shape index (κ3) is 59.4. The smallest absolute Gasteiger partial charge is 0.462 e. The Labute approximate surface area is 466 Å². The Morgan fingerprint density at radius 1 is 0.421 bits per heavy atom. The van der Waals surface area contributed by atoms with Crippen molar-refractivity contribution in [2.24, 2.45) is 0 Å². The molecule has 0 aliphatic heterocycles. The highest BCUT2D eigenvalue weighted by molar-refractivity contribution is 7.47. The molecule has 2 unspecified atom stereocenters. The number of phosphoric acid groups is 1. The van der Waals surface area contributed by atoms with E-state index in [1.807, 2.05) is 27.2 Å². The minimum atomic E-state index is -4.41. The number of phosphoric ester groups is 1. The highest BCUT2D eigenvalue weighted by atomic mass is 31.2. The first-order valence-corrected chi connectivity index (χ1v) is 31.4. The molecule has 0 radical (unpaired) electrons. The highest BCUT2D eigenvalue weighted by Crippen LogP contribution is 2.43. The number of allylic oxidation sites excluding steroid dienone is 22. The maximum Gasteiger partial charge on any atom is 0.472 e. The number of hydrogen-bond donors (Lipinski definition) is 1. The molecule has 0 spiro atoms. The van der Waals surface area contributed by atoms with Crippen LogP contribution in [0.25, 0.3) is 0 Å². The lowest BCUT2D eigenvalue weighted by molar-refractivity contribution is -0.870. The van der Waals surface area contributed by atoms with Gasteiger partial charge in [0.15, 0.2) is 6.10 Å². The average molecular weight is 1080 g/mol. The second kappa shape index (κ2) is 55.9. The topological polar surface area (TPSA) is 108 Å². The van der Waals surface area contributed by atoms with Gasteiger partial charge in [-0.05, 0) is 109 Å². The molecule has 0 heterocycles. The molecular weight excluding hydrogens is 966 g/mol. The molecule has 0 aromatic carbocycles. The van der Waals surface area contributed by atoms with Crippen molar-refractivity contribution in [3.8, 4) is 0 Å². The highest BCUT2D eigenvalue weighted by Gasteiger charge is 2.27. The van der Waals surface area contributed by atoms with Crippen molar-refractivity contribution < 1.29 is 42.1 Å². The number of likely N-dealkylation sites (N-methyl/N-ethyl adjacent to an activating group) is 1. The van der Waals surface area contributed by atoms with Crippen LogP contribution in [-0.2, 0) is 32.7 Å². The standard InChI is InChI=1S/C66H110NO8P/c1-6-8-10-12-14-16-18-20-22-24-26-28-30-31-32-33-34-35-37-39-41-43-45-47-49-51-53-55-57-59-66(69)75-64(63-74-76(70,71)73-61-60-67(3,4)5)62-72-65(68)58-56-54-52-50-48-46-44-42-40-38-36-29-27-25-23-21-19-17-15-13-11-9-7-2/h8,10,14,16,19-22,25-28,31-32,34-35,39,41,45,47,51,53,64H,6-7,9,11-13,15,17-18,23-24,29-30,33,36-38,40,42-44,46,48-50,52,54-63H2,1-5H3/p+1/b10-8-,16-14-,21-19-,22-20-,27-25-,28-26-,32-31-,35-34-,41-39-,47-45-,53-51-. The SMILES string of the molecule is CC/C=C\C/C=C\C/C=C\C/C=C\C/C=C\C/C=C\C/C=C\C/C=C\C/C=C\CCCC(=O)OC(COC(=O)CCCCCCCCCCCCC/C=C\C/C=C\CCCCCCC)COP(=O)(O)OCC[N+](C)(C)C. The van der Waals surface area contributed by atoms with E-state index < -0.39 is 26.5 Å². The molecule has 0 fully saturated rings. The van der Waals surface area contributed by atoms with E-state index in [2.05, 4.69) is 141 Å². The molecule has 1 N–H and O–H groups in total. The van der Waals surface area contributed by atoms with Gasteiger partial charge in [-0.15, -0.1) is 0 Å². The van der Waals surface area contributed by atoms with Crippen molar-refractivity contribution in [2.45, 2.75) is 225 Å². The van der Waals surface area contributed by atoms with Crippen LogP contribution in [-0.4, -0.2) is 74.9 Å². The van der Waals surface area contributed by atoms with Gasteiger partial charge < -0.3 is 18.9 Å². The second-order valence-corrected chi connectivity index (χ2v) is 22.1. The van der Waals surface area contributed by atoms with Gasteiger partial charge in [0.05, 0.1) is 27.7 Å². The van der Waals surface area contributed by atoms with E-state index in [0.29, 0.717) is 23.9 Å². The van der Waals surface area contributed by atoms with E-state index >= 15 is 0 Å². The molecular formula is C66H111NO8P+. The normalized spacial score (nSPS) is 14.2. The number of carbonyl (C=O) groups is 2. The van der Waals surface area contributed by atoms with E-state index in [-0.39, 0.29) is 32.0 Å². The fourth-order valence-corrected chi connectivity index (χ4v) is 8.32. The second-order valence-electron chi connectivity index (χ2n) is 20.6. The Kier molecular flexibility index (Phi) is 53.1. The number of rotatable bonds is 53. The summed E-state index contributed by atoms with van der Waals surface area (Å²) >= 11 is 0. The molecule has 76 heavy (non-hydrogen) atoms. The summed E-state index contributed by atoms with van der Waals surface area (Å²) in [5, 5.41) is 0. The van der Waals surface area contributed by atoms with E-state index in [0.717, 1.165) is 83.5 Å². The summed E-state index contributed by atoms with van der Waals surface area (Å²) in [5.74, 6) is -0.878. The molecule has 0 aromatic heterocycles. The van der Waals surface area contributed by atoms with Gasteiger partial charge in [-0.2, -0.15) is 0 Å². The maximum absolute atomic E-state index is 12.8. The molecule has 0 saturated heterocycles. The maximum atomic E-state index is 12.8. The molecule has 0 aliphatic carbocycles. The molecule has 9 nitrogen and oxygen atoms in total. The Morgan fingerprint density at radius 3 is 1.16 bits per heavy atom. The summed E-state index contributed by atoms with van der Waals surface area (Å²) in [6.45, 7) is 4.23. The Morgan fingerprint density at radius 2 is 0.763 bits per heavy atom. The first-order chi connectivity index (χ1) is 37.0. The zero-order valence-electron chi connectivity index (χ0n) is 48.9. The van der Waals surface area contributed by atoms with E-state index in [1.165, 1.54) is 96.3 Å². The average Bonchev–Trinajstić information content (AvgIpc) is 3.38. The Bertz CT molecular complexity index is 1740. The number of hydrogen-bond acceptors (Lipinski definition) is 7. The van der Waals surface area contributed by atoms with Crippen molar-refractivity contribution in [2.75, 3.05) is 47.5 Å². The monoisotopic (exact) mass is 1080 g/mol. The Balaban J connectivity index is 4.31. The first kappa shape index (κ1) is 72.2. The summed E-state index contributed by atoms with van der Waals surface area (Å²) in [7, 11) is 1.42. The van der Waals surface area contributed by atoms with Gasteiger partial charge in [-0.1, -0.05) is 231 Å². The molecule has 2 atom stereocenters. The molecule has 432 valence electrons. The van der Waals surface area contributed by atoms with Crippen LogP contribution in [0.15, 0.2) is 134 Å². The van der Waals surface area contributed by atoms with Crippen molar-refractivity contribution in [3.63, 3.8) is 0 Å².